The Morgan fingerprint density at radius 3 is 3.00 bits per heavy atom. The zero-order valence-corrected chi connectivity index (χ0v) is 10.5. The average molecular weight is 248 g/mol. The topological polar surface area (TPSA) is 64.3 Å². The highest BCUT2D eigenvalue weighted by Gasteiger charge is 2.29. The van der Waals surface area contributed by atoms with E-state index in [1.165, 1.54) is 0 Å². The summed E-state index contributed by atoms with van der Waals surface area (Å²) in [5, 5.41) is 2.96. The summed E-state index contributed by atoms with van der Waals surface area (Å²) in [4.78, 5) is 12.0. The summed E-state index contributed by atoms with van der Waals surface area (Å²) < 4.78 is 5.50. The number of benzene rings is 1. The van der Waals surface area contributed by atoms with E-state index in [0.717, 1.165) is 43.7 Å². The molecule has 1 heterocycles. The van der Waals surface area contributed by atoms with Gasteiger partial charge in [-0.1, -0.05) is 24.6 Å². The summed E-state index contributed by atoms with van der Waals surface area (Å²) in [7, 11) is 0. The Morgan fingerprint density at radius 2 is 2.17 bits per heavy atom. The molecule has 1 atom stereocenters. The number of nitrogens with two attached hydrogens (primary N) is 1. The van der Waals surface area contributed by atoms with Gasteiger partial charge >= 0.3 is 0 Å². The minimum atomic E-state index is -0.157. The summed E-state index contributed by atoms with van der Waals surface area (Å²) in [6.07, 6.45) is 3.07. The van der Waals surface area contributed by atoms with Gasteiger partial charge in [0.25, 0.3) is 0 Å². The molecule has 0 aromatic heterocycles. The number of rotatable bonds is 6. The van der Waals surface area contributed by atoms with Crippen LogP contribution in [0.5, 0.6) is 5.75 Å². The van der Waals surface area contributed by atoms with E-state index in [1.807, 2.05) is 24.3 Å². The van der Waals surface area contributed by atoms with Gasteiger partial charge in [-0.3, -0.25) is 4.79 Å². The van der Waals surface area contributed by atoms with Crippen molar-refractivity contribution in [2.45, 2.75) is 25.2 Å². The van der Waals surface area contributed by atoms with Gasteiger partial charge in [0, 0.05) is 12.1 Å². The fourth-order valence-corrected chi connectivity index (χ4v) is 2.16. The van der Waals surface area contributed by atoms with E-state index < -0.39 is 0 Å². The van der Waals surface area contributed by atoms with Crippen molar-refractivity contribution in [3.8, 4) is 5.75 Å². The first-order chi connectivity index (χ1) is 8.83. The van der Waals surface area contributed by atoms with E-state index in [0.29, 0.717) is 6.61 Å². The van der Waals surface area contributed by atoms with E-state index in [2.05, 4.69) is 5.32 Å². The summed E-state index contributed by atoms with van der Waals surface area (Å²) in [6, 6.07) is 7.73. The van der Waals surface area contributed by atoms with Crippen LogP contribution in [0.1, 0.15) is 30.7 Å². The van der Waals surface area contributed by atoms with Crippen LogP contribution < -0.4 is 15.8 Å². The maximum atomic E-state index is 12.0. The lowest BCUT2D eigenvalue weighted by Crippen LogP contribution is -2.31. The van der Waals surface area contributed by atoms with Crippen molar-refractivity contribution >= 4 is 5.91 Å². The predicted molar refractivity (Wildman–Crippen MR) is 70.6 cm³/mol. The largest absolute Gasteiger partial charge is 0.492 e. The molecule has 2 rings (SSSR count). The molecule has 1 unspecified atom stereocenters. The van der Waals surface area contributed by atoms with Crippen LogP contribution in [0.2, 0.25) is 0 Å². The minimum Gasteiger partial charge on any atom is -0.492 e. The fraction of sp³-hybridized carbons (Fsp3) is 0.500. The first kappa shape index (κ1) is 12.9. The Bertz CT molecular complexity index is 407. The second-order valence-electron chi connectivity index (χ2n) is 4.54. The molecule has 18 heavy (non-hydrogen) atoms. The van der Waals surface area contributed by atoms with Crippen LogP contribution in [0.25, 0.3) is 0 Å². The number of nitrogens with one attached hydrogen (secondary N) is 1. The minimum absolute atomic E-state index is 0.0627. The number of para-hydroxylation sites is 1. The number of ether oxygens (including phenoxy) is 1. The van der Waals surface area contributed by atoms with E-state index >= 15 is 0 Å². The first-order valence-corrected chi connectivity index (χ1v) is 6.52. The van der Waals surface area contributed by atoms with Crippen LogP contribution in [-0.2, 0) is 4.79 Å². The van der Waals surface area contributed by atoms with Gasteiger partial charge in [0.1, 0.15) is 18.3 Å². The van der Waals surface area contributed by atoms with Crippen LogP contribution in [0, 0.1) is 0 Å². The molecule has 0 saturated carbocycles. The molecule has 0 saturated heterocycles. The molecule has 0 fully saturated rings. The number of carbonyl (C=O) groups excluding carboxylic acids is 1. The molecule has 4 heteroatoms. The fourth-order valence-electron chi connectivity index (χ4n) is 2.16. The van der Waals surface area contributed by atoms with Crippen molar-refractivity contribution in [3.05, 3.63) is 29.8 Å². The van der Waals surface area contributed by atoms with Crippen LogP contribution in [0.4, 0.5) is 0 Å². The summed E-state index contributed by atoms with van der Waals surface area (Å²) in [5.74, 6) is 0.740. The molecular weight excluding hydrogens is 228 g/mol. The van der Waals surface area contributed by atoms with Gasteiger partial charge in [-0.2, -0.15) is 0 Å². The maximum Gasteiger partial charge on any atom is 0.231 e. The van der Waals surface area contributed by atoms with Gasteiger partial charge in [-0.05, 0) is 25.5 Å². The molecule has 1 aliphatic heterocycles. The molecule has 3 N–H and O–H groups in total. The van der Waals surface area contributed by atoms with E-state index in [-0.39, 0.29) is 11.8 Å². The summed E-state index contributed by atoms with van der Waals surface area (Å²) in [5.41, 5.74) is 6.42. The maximum absolute atomic E-state index is 12.0. The molecule has 1 aromatic carbocycles. The van der Waals surface area contributed by atoms with Gasteiger partial charge in [-0.25, -0.2) is 0 Å². The normalized spacial score (nSPS) is 17.1. The second kappa shape index (κ2) is 6.40. The summed E-state index contributed by atoms with van der Waals surface area (Å²) >= 11 is 0. The van der Waals surface area contributed by atoms with Crippen molar-refractivity contribution < 1.29 is 9.53 Å². The van der Waals surface area contributed by atoms with Crippen molar-refractivity contribution in [1.29, 1.82) is 0 Å². The number of hydrogen-bond donors (Lipinski definition) is 2. The molecule has 0 spiro atoms. The third-order valence-electron chi connectivity index (χ3n) is 3.20. The predicted octanol–water partition coefficient (Wildman–Crippen LogP) is 1.41. The van der Waals surface area contributed by atoms with Crippen molar-refractivity contribution in [3.63, 3.8) is 0 Å². The first-order valence-electron chi connectivity index (χ1n) is 6.52. The Kier molecular flexibility index (Phi) is 4.59. The van der Waals surface area contributed by atoms with Crippen LogP contribution in [0.3, 0.4) is 0 Å². The SMILES string of the molecule is NCCCCCNC(=O)C1COc2ccccc21. The van der Waals surface area contributed by atoms with E-state index in [9.17, 15) is 4.79 Å². The zero-order chi connectivity index (χ0) is 12.8. The molecule has 4 nitrogen and oxygen atoms in total. The number of unbranched alkanes of at least 4 members (excludes halogenated alkanes) is 2. The molecule has 1 aliphatic rings. The molecule has 1 amide bonds. The van der Waals surface area contributed by atoms with Gasteiger partial charge in [0.2, 0.25) is 5.91 Å². The number of hydrogen-bond acceptors (Lipinski definition) is 3. The quantitative estimate of drug-likeness (QED) is 0.748. The standard InChI is InChI=1S/C14H20N2O2/c15-8-4-1-5-9-16-14(17)12-10-18-13-7-3-2-6-11(12)13/h2-3,6-7,12H,1,4-5,8-10,15H2,(H,16,17). The smallest absolute Gasteiger partial charge is 0.231 e. The van der Waals surface area contributed by atoms with E-state index in [4.69, 9.17) is 10.5 Å². The van der Waals surface area contributed by atoms with Crippen molar-refractivity contribution in [2.24, 2.45) is 5.73 Å². The lowest BCUT2D eigenvalue weighted by atomic mass is 10.0. The molecule has 0 aliphatic carbocycles. The number of fused-ring (bicyclic) bond motifs is 1. The Balaban J connectivity index is 1.80. The third-order valence-corrected chi connectivity index (χ3v) is 3.20. The highest BCUT2D eigenvalue weighted by atomic mass is 16.5. The molecular formula is C14H20N2O2. The molecule has 1 aromatic rings. The Hall–Kier alpha value is -1.55. The summed E-state index contributed by atoms with van der Waals surface area (Å²) in [6.45, 7) is 1.89. The highest BCUT2D eigenvalue weighted by molar-refractivity contribution is 5.85. The van der Waals surface area contributed by atoms with Crippen LogP contribution in [0.15, 0.2) is 24.3 Å². The van der Waals surface area contributed by atoms with Crippen LogP contribution >= 0.6 is 0 Å². The second-order valence-corrected chi connectivity index (χ2v) is 4.54. The zero-order valence-electron chi connectivity index (χ0n) is 10.5. The third kappa shape index (κ3) is 3.01. The van der Waals surface area contributed by atoms with Crippen molar-refractivity contribution in [1.82, 2.24) is 5.32 Å². The molecule has 98 valence electrons. The van der Waals surface area contributed by atoms with Crippen LogP contribution in [-0.4, -0.2) is 25.6 Å². The van der Waals surface area contributed by atoms with E-state index in [1.54, 1.807) is 0 Å². The molecule has 0 radical (unpaired) electrons. The lowest BCUT2D eigenvalue weighted by molar-refractivity contribution is -0.122. The Labute approximate surface area is 108 Å². The van der Waals surface area contributed by atoms with Gasteiger partial charge in [0.05, 0.1) is 0 Å². The Morgan fingerprint density at radius 1 is 1.33 bits per heavy atom. The highest BCUT2D eigenvalue weighted by Crippen LogP contribution is 2.33. The van der Waals surface area contributed by atoms with Crippen molar-refractivity contribution in [2.75, 3.05) is 19.7 Å². The van der Waals surface area contributed by atoms with Gasteiger partial charge in [0.15, 0.2) is 0 Å². The lowest BCUT2D eigenvalue weighted by Gasteiger charge is -2.09. The molecule has 0 bridgehead atoms. The van der Waals surface area contributed by atoms with Gasteiger partial charge in [-0.15, -0.1) is 0 Å². The average Bonchev–Trinajstić information content (AvgIpc) is 2.82. The number of carbonyl (C=O) groups is 1. The number of amides is 1. The monoisotopic (exact) mass is 248 g/mol. The van der Waals surface area contributed by atoms with Gasteiger partial charge < -0.3 is 15.8 Å².